The summed E-state index contributed by atoms with van der Waals surface area (Å²) in [5, 5.41) is 10.4. The van der Waals surface area contributed by atoms with Gasteiger partial charge >= 0.3 is 0 Å². The van der Waals surface area contributed by atoms with E-state index in [2.05, 4.69) is 13.5 Å². The zero-order chi connectivity index (χ0) is 9.90. The van der Waals surface area contributed by atoms with Gasteiger partial charge in [0.1, 0.15) is 13.9 Å². The largest absolute Gasteiger partial charge is 0.399 e. The number of hydrogen-bond acceptors (Lipinski definition) is 1. The van der Waals surface area contributed by atoms with Crippen LogP contribution in [0, 0.1) is 5.82 Å². The topological polar surface area (TPSA) is 20.2 Å². The molecule has 0 bridgehead atoms. The average molecular weight is 198 g/mol. The maximum Gasteiger partial charge on any atom is 0.123 e. The summed E-state index contributed by atoms with van der Waals surface area (Å²) in [6.45, 7) is 4.19. The zero-order valence-electron chi connectivity index (χ0n) is 8.05. The van der Waals surface area contributed by atoms with E-state index in [0.717, 1.165) is 11.2 Å². The van der Waals surface area contributed by atoms with Crippen molar-refractivity contribution in [3.63, 3.8) is 0 Å². The van der Waals surface area contributed by atoms with Gasteiger partial charge in [-0.15, -0.1) is 0 Å². The highest BCUT2D eigenvalue weighted by molar-refractivity contribution is 6.90. The molecule has 0 amide bonds. The first kappa shape index (κ1) is 10.4. The number of halogens is 1. The highest BCUT2D eigenvalue weighted by Crippen LogP contribution is 2.08. The lowest BCUT2D eigenvalue weighted by Crippen LogP contribution is -2.47. The molecule has 1 aromatic rings. The van der Waals surface area contributed by atoms with E-state index in [4.69, 9.17) is 0 Å². The normalized spacial score (nSPS) is 15.4. The summed E-state index contributed by atoms with van der Waals surface area (Å²) < 4.78 is 12.6. The van der Waals surface area contributed by atoms with Crippen molar-refractivity contribution >= 4 is 13.3 Å². The Balaban J connectivity index is 2.99. The second-order valence-corrected chi connectivity index (χ2v) is 8.30. The van der Waals surface area contributed by atoms with Gasteiger partial charge in [-0.1, -0.05) is 36.8 Å². The molecule has 0 spiro atoms. The van der Waals surface area contributed by atoms with Crippen LogP contribution in [-0.4, -0.2) is 19.4 Å². The Hall–Kier alpha value is -0.673. The second-order valence-electron chi connectivity index (χ2n) is 3.58. The van der Waals surface area contributed by atoms with Crippen molar-refractivity contribution < 1.29 is 9.50 Å². The lowest BCUT2D eigenvalue weighted by Gasteiger charge is -2.23. The van der Waals surface area contributed by atoms with Crippen LogP contribution in [0.15, 0.2) is 24.3 Å². The molecule has 72 valence electrons. The van der Waals surface area contributed by atoms with Crippen LogP contribution in [0.2, 0.25) is 12.6 Å². The highest BCUT2D eigenvalue weighted by Gasteiger charge is 2.26. The van der Waals surface area contributed by atoms with Gasteiger partial charge in [0.15, 0.2) is 0 Å². The van der Waals surface area contributed by atoms with Crippen molar-refractivity contribution in [1.82, 2.24) is 0 Å². The molecule has 1 atom stereocenters. The lowest BCUT2D eigenvalue weighted by atomic mass is 10.3. The average Bonchev–Trinajstić information content (AvgIpc) is 2.18. The van der Waals surface area contributed by atoms with Gasteiger partial charge in [0.2, 0.25) is 0 Å². The van der Waals surface area contributed by atoms with Crippen molar-refractivity contribution in [1.29, 1.82) is 0 Å². The van der Waals surface area contributed by atoms with E-state index in [1.54, 1.807) is 12.1 Å². The lowest BCUT2D eigenvalue weighted by molar-refractivity contribution is 0.359. The monoisotopic (exact) mass is 198 g/mol. The fraction of sp³-hybridized carbons (Fsp3) is 0.400. The van der Waals surface area contributed by atoms with E-state index in [1.807, 2.05) is 0 Å². The van der Waals surface area contributed by atoms with Crippen molar-refractivity contribution in [2.45, 2.75) is 19.5 Å². The molecule has 0 fully saturated rings. The van der Waals surface area contributed by atoms with Crippen LogP contribution in [0.4, 0.5) is 4.39 Å². The van der Waals surface area contributed by atoms with E-state index in [-0.39, 0.29) is 12.0 Å². The minimum Gasteiger partial charge on any atom is -0.399 e. The van der Waals surface area contributed by atoms with Crippen LogP contribution in [0.1, 0.15) is 6.92 Å². The van der Waals surface area contributed by atoms with Crippen molar-refractivity contribution in [3.05, 3.63) is 30.1 Å². The summed E-state index contributed by atoms with van der Waals surface area (Å²) in [4.78, 5) is 0. The maximum atomic E-state index is 12.6. The minimum absolute atomic E-state index is 0.214. The third-order valence-electron chi connectivity index (χ3n) is 2.67. The molecule has 1 N–H and O–H groups in total. The van der Waals surface area contributed by atoms with Gasteiger partial charge in [-0.05, 0) is 12.1 Å². The summed E-state index contributed by atoms with van der Waals surface area (Å²) in [6.07, 6.45) is 0.231. The summed E-state index contributed by atoms with van der Waals surface area (Å²) in [6, 6.07) is 7.50. The summed E-state index contributed by atoms with van der Waals surface area (Å²) in [5.74, 6) is -0.214. The molecule has 0 saturated heterocycles. The number of aliphatic hydroxyl groups excluding tert-OH is 1. The van der Waals surface area contributed by atoms with Gasteiger partial charge in [0, 0.05) is 6.23 Å². The fourth-order valence-electron chi connectivity index (χ4n) is 1.26. The van der Waals surface area contributed by atoms with Crippen LogP contribution in [-0.2, 0) is 0 Å². The molecular formula is C10H15FOSi. The van der Waals surface area contributed by atoms with Crippen LogP contribution in [0.3, 0.4) is 0 Å². The molecule has 13 heavy (non-hydrogen) atoms. The standard InChI is InChI=1S/C10H15FOSi/c1-3-13(2,8-12)10-6-4-9(11)5-7-10/h4-7,12H,3,8H2,1-2H3. The fourth-order valence-corrected chi connectivity index (χ4v) is 3.05. The van der Waals surface area contributed by atoms with Gasteiger partial charge < -0.3 is 5.11 Å². The Morgan fingerprint density at radius 3 is 2.23 bits per heavy atom. The van der Waals surface area contributed by atoms with Crippen molar-refractivity contribution in [3.8, 4) is 0 Å². The molecule has 3 heteroatoms. The molecule has 0 heterocycles. The summed E-state index contributed by atoms with van der Waals surface area (Å²) in [5.41, 5.74) is 0. The molecule has 0 aromatic heterocycles. The predicted octanol–water partition coefficient (Wildman–Crippen LogP) is 1.66. The Morgan fingerprint density at radius 1 is 1.31 bits per heavy atom. The van der Waals surface area contributed by atoms with Crippen molar-refractivity contribution in [2.75, 3.05) is 6.23 Å². The first-order valence-electron chi connectivity index (χ1n) is 4.49. The number of benzene rings is 1. The van der Waals surface area contributed by atoms with Crippen LogP contribution >= 0.6 is 0 Å². The molecule has 0 aliphatic rings. The Morgan fingerprint density at radius 2 is 1.85 bits per heavy atom. The smallest absolute Gasteiger partial charge is 0.123 e. The first-order chi connectivity index (χ1) is 6.12. The molecule has 1 unspecified atom stereocenters. The van der Waals surface area contributed by atoms with Crippen LogP contribution < -0.4 is 5.19 Å². The van der Waals surface area contributed by atoms with Gasteiger partial charge in [0.25, 0.3) is 0 Å². The highest BCUT2D eigenvalue weighted by atomic mass is 28.3. The van der Waals surface area contributed by atoms with Crippen LogP contribution in [0.25, 0.3) is 0 Å². The van der Waals surface area contributed by atoms with Gasteiger partial charge in [-0.25, -0.2) is 4.39 Å². The van der Waals surface area contributed by atoms with Crippen LogP contribution in [0.5, 0.6) is 0 Å². The third kappa shape index (κ3) is 2.17. The predicted molar refractivity (Wildman–Crippen MR) is 55.2 cm³/mol. The Bertz CT molecular complexity index is 267. The van der Waals surface area contributed by atoms with Crippen molar-refractivity contribution in [2.24, 2.45) is 0 Å². The third-order valence-corrected chi connectivity index (χ3v) is 6.66. The number of rotatable bonds is 3. The minimum atomic E-state index is -1.71. The molecule has 1 rings (SSSR count). The summed E-state index contributed by atoms with van der Waals surface area (Å²) in [7, 11) is -1.71. The Labute approximate surface area is 79.2 Å². The van der Waals surface area contributed by atoms with E-state index < -0.39 is 8.07 Å². The number of hydrogen-bond donors (Lipinski definition) is 1. The quantitative estimate of drug-likeness (QED) is 0.732. The zero-order valence-corrected chi connectivity index (χ0v) is 9.05. The molecular weight excluding hydrogens is 183 g/mol. The molecule has 0 radical (unpaired) electrons. The molecule has 1 nitrogen and oxygen atoms in total. The van der Waals surface area contributed by atoms with E-state index in [0.29, 0.717) is 0 Å². The molecule has 0 saturated carbocycles. The van der Waals surface area contributed by atoms with E-state index in [9.17, 15) is 9.50 Å². The number of aliphatic hydroxyl groups is 1. The molecule has 0 aliphatic carbocycles. The van der Waals surface area contributed by atoms with Gasteiger partial charge in [0.05, 0.1) is 0 Å². The van der Waals surface area contributed by atoms with Gasteiger partial charge in [-0.2, -0.15) is 0 Å². The summed E-state index contributed by atoms with van der Waals surface area (Å²) >= 11 is 0. The van der Waals surface area contributed by atoms with Gasteiger partial charge in [-0.3, -0.25) is 0 Å². The Kier molecular flexibility index (Phi) is 3.22. The second kappa shape index (κ2) is 4.02. The SMILES string of the molecule is CC[Si](C)(CO)c1ccc(F)cc1. The first-order valence-corrected chi connectivity index (χ1v) is 7.41. The molecule has 0 aliphatic heterocycles. The molecule has 1 aromatic carbocycles. The van der Waals surface area contributed by atoms with E-state index in [1.165, 1.54) is 12.1 Å². The maximum absolute atomic E-state index is 12.6. The van der Waals surface area contributed by atoms with E-state index >= 15 is 0 Å².